The lowest BCUT2D eigenvalue weighted by atomic mass is 10.1. The molecule has 1 N–H and O–H groups in total. The van der Waals surface area contributed by atoms with Gasteiger partial charge in [-0.3, -0.25) is 0 Å². The number of carboxylic acid groups (broad SMARTS) is 1. The summed E-state index contributed by atoms with van der Waals surface area (Å²) >= 11 is 5.83. The summed E-state index contributed by atoms with van der Waals surface area (Å²) in [6.07, 6.45) is 0. The summed E-state index contributed by atoms with van der Waals surface area (Å²) in [5.41, 5.74) is 1.05. The second-order valence-electron chi connectivity index (χ2n) is 4.31. The maximum Gasteiger partial charge on any atom is 0.335 e. The Balaban J connectivity index is 2.18. The number of hydrogen-bond acceptors (Lipinski definition) is 2. The lowest BCUT2D eigenvalue weighted by Gasteiger charge is -2.10. The summed E-state index contributed by atoms with van der Waals surface area (Å²) in [6.45, 7) is 1.78. The fourth-order valence-corrected chi connectivity index (χ4v) is 1.98. The molecule has 0 spiro atoms. The molecule has 0 unspecified atom stereocenters. The molecule has 0 bridgehead atoms. The Morgan fingerprint density at radius 1 is 1.30 bits per heavy atom. The molecule has 0 aliphatic rings. The second kappa shape index (κ2) is 5.92. The van der Waals surface area contributed by atoms with Crippen molar-refractivity contribution in [2.75, 3.05) is 0 Å². The Labute approximate surface area is 120 Å². The quantitative estimate of drug-likeness (QED) is 0.925. The summed E-state index contributed by atoms with van der Waals surface area (Å²) in [7, 11) is 0. The molecule has 0 aliphatic carbocycles. The van der Waals surface area contributed by atoms with Crippen molar-refractivity contribution < 1.29 is 19.0 Å². The average Bonchev–Trinajstić information content (AvgIpc) is 2.39. The van der Waals surface area contributed by atoms with Crippen LogP contribution >= 0.6 is 11.6 Å². The number of hydrogen-bond donors (Lipinski definition) is 1. The van der Waals surface area contributed by atoms with Crippen molar-refractivity contribution >= 4 is 17.6 Å². The van der Waals surface area contributed by atoms with Crippen molar-refractivity contribution in [3.05, 3.63) is 63.9 Å². The Hall–Kier alpha value is -2.07. The number of rotatable bonds is 4. The van der Waals surface area contributed by atoms with E-state index in [2.05, 4.69) is 0 Å². The highest BCUT2D eigenvalue weighted by molar-refractivity contribution is 6.30. The van der Waals surface area contributed by atoms with Crippen molar-refractivity contribution in [2.24, 2.45) is 0 Å². The lowest BCUT2D eigenvalue weighted by molar-refractivity contribution is 0.0696. The van der Waals surface area contributed by atoms with Gasteiger partial charge in [0.25, 0.3) is 0 Å². The fraction of sp³-hybridized carbons (Fsp3) is 0.133. The summed E-state index contributed by atoms with van der Waals surface area (Å²) in [5, 5.41) is 9.47. The smallest absolute Gasteiger partial charge is 0.335 e. The van der Waals surface area contributed by atoms with Crippen LogP contribution in [0.15, 0.2) is 36.4 Å². The van der Waals surface area contributed by atoms with E-state index in [0.717, 1.165) is 11.6 Å². The summed E-state index contributed by atoms with van der Waals surface area (Å²) in [5.74, 6) is -1.02. The van der Waals surface area contributed by atoms with Gasteiger partial charge < -0.3 is 9.84 Å². The zero-order valence-electron chi connectivity index (χ0n) is 10.7. The van der Waals surface area contributed by atoms with Gasteiger partial charge in [0.05, 0.1) is 5.56 Å². The summed E-state index contributed by atoms with van der Waals surface area (Å²) in [6, 6.07) is 8.71. The van der Waals surface area contributed by atoms with Gasteiger partial charge in [-0.25, -0.2) is 9.18 Å². The molecule has 0 atom stereocenters. The molecule has 2 rings (SSSR count). The van der Waals surface area contributed by atoms with Gasteiger partial charge in [0.2, 0.25) is 0 Å². The standard InChI is InChI=1S/C15H12ClFO3/c1-9-6-12(16)3-5-14(9)20-8-11-7-10(15(18)19)2-4-13(11)17/h2-7H,8H2,1H3,(H,18,19). The molecule has 5 heteroatoms. The molecule has 20 heavy (non-hydrogen) atoms. The Kier molecular flexibility index (Phi) is 4.25. The first-order chi connectivity index (χ1) is 9.47. The van der Waals surface area contributed by atoms with Crippen molar-refractivity contribution in [1.29, 1.82) is 0 Å². The molecule has 0 radical (unpaired) electrons. The molecule has 0 aliphatic heterocycles. The van der Waals surface area contributed by atoms with E-state index in [-0.39, 0.29) is 17.7 Å². The Morgan fingerprint density at radius 2 is 2.05 bits per heavy atom. The summed E-state index contributed by atoms with van der Waals surface area (Å²) in [4.78, 5) is 10.9. The highest BCUT2D eigenvalue weighted by Gasteiger charge is 2.09. The maximum absolute atomic E-state index is 13.6. The van der Waals surface area contributed by atoms with E-state index in [4.69, 9.17) is 21.4 Å². The zero-order chi connectivity index (χ0) is 14.7. The van der Waals surface area contributed by atoms with Crippen LogP contribution in [0.25, 0.3) is 0 Å². The molecule has 2 aromatic carbocycles. The first-order valence-corrected chi connectivity index (χ1v) is 6.26. The minimum atomic E-state index is -1.10. The van der Waals surface area contributed by atoms with Gasteiger partial charge in [0, 0.05) is 10.6 Å². The first-order valence-electron chi connectivity index (χ1n) is 5.88. The van der Waals surface area contributed by atoms with Crippen LogP contribution in [0, 0.1) is 12.7 Å². The van der Waals surface area contributed by atoms with Gasteiger partial charge in [-0.2, -0.15) is 0 Å². The molecule has 2 aromatic rings. The third kappa shape index (κ3) is 3.27. The molecule has 0 saturated heterocycles. The van der Waals surface area contributed by atoms with Crippen LogP contribution in [-0.2, 0) is 6.61 Å². The molecule has 3 nitrogen and oxygen atoms in total. The highest BCUT2D eigenvalue weighted by Crippen LogP contribution is 2.23. The van der Waals surface area contributed by atoms with Crippen LogP contribution in [-0.4, -0.2) is 11.1 Å². The monoisotopic (exact) mass is 294 g/mol. The van der Waals surface area contributed by atoms with E-state index >= 15 is 0 Å². The second-order valence-corrected chi connectivity index (χ2v) is 4.75. The fourth-order valence-electron chi connectivity index (χ4n) is 1.75. The van der Waals surface area contributed by atoms with Gasteiger partial charge in [-0.15, -0.1) is 0 Å². The normalized spacial score (nSPS) is 10.3. The number of aromatic carboxylic acids is 1. The van der Waals surface area contributed by atoms with Crippen molar-refractivity contribution in [2.45, 2.75) is 13.5 Å². The van der Waals surface area contributed by atoms with Gasteiger partial charge in [-0.1, -0.05) is 11.6 Å². The van der Waals surface area contributed by atoms with Crippen LogP contribution in [0.4, 0.5) is 4.39 Å². The van der Waals surface area contributed by atoms with E-state index < -0.39 is 11.8 Å². The Bertz CT molecular complexity index is 656. The lowest BCUT2D eigenvalue weighted by Crippen LogP contribution is -2.03. The number of halogens is 2. The number of aryl methyl sites for hydroxylation is 1. The van der Waals surface area contributed by atoms with E-state index in [1.165, 1.54) is 12.1 Å². The number of ether oxygens (including phenoxy) is 1. The average molecular weight is 295 g/mol. The van der Waals surface area contributed by atoms with Crippen LogP contribution in [0.1, 0.15) is 21.5 Å². The van der Waals surface area contributed by atoms with Gasteiger partial charge >= 0.3 is 5.97 Å². The molecule has 0 amide bonds. The number of carbonyl (C=O) groups is 1. The topological polar surface area (TPSA) is 46.5 Å². The largest absolute Gasteiger partial charge is 0.489 e. The summed E-state index contributed by atoms with van der Waals surface area (Å²) < 4.78 is 19.1. The molecule has 0 aromatic heterocycles. The van der Waals surface area contributed by atoms with E-state index in [0.29, 0.717) is 10.8 Å². The minimum Gasteiger partial charge on any atom is -0.489 e. The molecule has 0 fully saturated rings. The van der Waals surface area contributed by atoms with Gasteiger partial charge in [0.1, 0.15) is 18.2 Å². The highest BCUT2D eigenvalue weighted by atomic mass is 35.5. The molecule has 104 valence electrons. The zero-order valence-corrected chi connectivity index (χ0v) is 11.4. The predicted octanol–water partition coefficient (Wildman–Crippen LogP) is 4.06. The molecular weight excluding hydrogens is 283 g/mol. The van der Waals surface area contributed by atoms with Crippen LogP contribution in [0.5, 0.6) is 5.75 Å². The molecule has 0 saturated carbocycles. The third-order valence-corrected chi connectivity index (χ3v) is 3.05. The first kappa shape index (κ1) is 14.3. The van der Waals surface area contributed by atoms with Crippen LogP contribution in [0.2, 0.25) is 5.02 Å². The van der Waals surface area contributed by atoms with Gasteiger partial charge in [-0.05, 0) is 48.9 Å². The van der Waals surface area contributed by atoms with Gasteiger partial charge in [0.15, 0.2) is 0 Å². The number of benzene rings is 2. The predicted molar refractivity (Wildman–Crippen MR) is 73.9 cm³/mol. The van der Waals surface area contributed by atoms with E-state index in [9.17, 15) is 9.18 Å². The van der Waals surface area contributed by atoms with Crippen molar-refractivity contribution in [3.63, 3.8) is 0 Å². The molecular formula is C15H12ClFO3. The van der Waals surface area contributed by atoms with Crippen molar-refractivity contribution in [1.82, 2.24) is 0 Å². The molecule has 0 heterocycles. The van der Waals surface area contributed by atoms with E-state index in [1.807, 2.05) is 6.92 Å². The third-order valence-electron chi connectivity index (χ3n) is 2.81. The SMILES string of the molecule is Cc1cc(Cl)ccc1OCc1cc(C(=O)O)ccc1F. The minimum absolute atomic E-state index is 0.0258. The van der Waals surface area contributed by atoms with Crippen molar-refractivity contribution in [3.8, 4) is 5.75 Å². The Morgan fingerprint density at radius 3 is 2.70 bits per heavy atom. The van der Waals surface area contributed by atoms with E-state index in [1.54, 1.807) is 18.2 Å². The number of carboxylic acids is 1. The van der Waals surface area contributed by atoms with Crippen LogP contribution in [0.3, 0.4) is 0 Å². The van der Waals surface area contributed by atoms with Crippen LogP contribution < -0.4 is 4.74 Å². The maximum atomic E-state index is 13.6.